The topological polar surface area (TPSA) is 89.9 Å². The highest BCUT2D eigenvalue weighted by Crippen LogP contribution is 2.54. The van der Waals surface area contributed by atoms with Crippen LogP contribution in [0, 0.1) is 29.1 Å². The van der Waals surface area contributed by atoms with Gasteiger partial charge < -0.3 is 14.6 Å². The Labute approximate surface area is 146 Å². The minimum Gasteiger partial charge on any atom is -0.462 e. The molecule has 1 saturated carbocycles. The van der Waals surface area contributed by atoms with Gasteiger partial charge in [0.2, 0.25) is 0 Å². The summed E-state index contributed by atoms with van der Waals surface area (Å²) < 4.78 is 11.2. The zero-order chi connectivity index (χ0) is 18.5. The third-order valence-corrected chi connectivity index (χ3v) is 6.20. The van der Waals surface area contributed by atoms with Crippen LogP contribution in [0.25, 0.3) is 0 Å². The van der Waals surface area contributed by atoms with Crippen LogP contribution in [0.4, 0.5) is 0 Å². The summed E-state index contributed by atoms with van der Waals surface area (Å²) in [5.41, 5.74) is -1.03. The van der Waals surface area contributed by atoms with E-state index in [0.717, 1.165) is 0 Å². The summed E-state index contributed by atoms with van der Waals surface area (Å²) in [5, 5.41) is 9.16. The third kappa shape index (κ3) is 2.54. The minimum absolute atomic E-state index is 0.0784. The van der Waals surface area contributed by atoms with Crippen LogP contribution in [0.2, 0.25) is 0 Å². The number of allylic oxidation sites excluding steroid dienone is 2. The quantitative estimate of drug-likeness (QED) is 0.613. The minimum atomic E-state index is -0.952. The smallest absolute Gasteiger partial charge is 0.336 e. The Hall–Kier alpha value is -1.95. The molecule has 136 valence electrons. The number of rotatable bonds is 3. The fourth-order valence-electron chi connectivity index (χ4n) is 4.70. The summed E-state index contributed by atoms with van der Waals surface area (Å²) in [6.45, 7) is 8.55. The predicted molar refractivity (Wildman–Crippen MR) is 88.2 cm³/mol. The van der Waals surface area contributed by atoms with Crippen LogP contribution in [-0.4, -0.2) is 41.6 Å². The standard InChI is InChI=1S/C19H24O6/c1-9-7-13-15(11(3)18(23)24-13)16(25-17(22)10(2)8-20)19(4)12(9)5-6-14(19)21/h5-6,9,11-13,15-16,20H,2,7-8H2,1,3-4H3. The Morgan fingerprint density at radius 3 is 2.76 bits per heavy atom. The van der Waals surface area contributed by atoms with Gasteiger partial charge in [0.15, 0.2) is 5.78 Å². The van der Waals surface area contributed by atoms with Gasteiger partial charge in [-0.2, -0.15) is 0 Å². The van der Waals surface area contributed by atoms with E-state index in [1.807, 2.05) is 13.0 Å². The molecule has 2 aliphatic carbocycles. The largest absolute Gasteiger partial charge is 0.462 e. The molecule has 1 aliphatic heterocycles. The van der Waals surface area contributed by atoms with E-state index in [1.165, 1.54) is 0 Å². The molecule has 3 aliphatic rings. The first-order chi connectivity index (χ1) is 11.7. The molecular formula is C19H24O6. The van der Waals surface area contributed by atoms with Crippen molar-refractivity contribution in [3.63, 3.8) is 0 Å². The van der Waals surface area contributed by atoms with Crippen molar-refractivity contribution in [2.75, 3.05) is 6.61 Å². The lowest BCUT2D eigenvalue weighted by molar-refractivity contribution is -0.163. The molecule has 25 heavy (non-hydrogen) atoms. The molecule has 0 amide bonds. The van der Waals surface area contributed by atoms with Crippen molar-refractivity contribution in [1.82, 2.24) is 0 Å². The van der Waals surface area contributed by atoms with Crippen molar-refractivity contribution >= 4 is 17.7 Å². The molecule has 0 bridgehead atoms. The maximum Gasteiger partial charge on any atom is 0.336 e. The molecule has 1 N–H and O–H groups in total. The summed E-state index contributed by atoms with van der Waals surface area (Å²) in [6.07, 6.45) is 2.84. The van der Waals surface area contributed by atoms with Gasteiger partial charge in [0.25, 0.3) is 0 Å². The van der Waals surface area contributed by atoms with Crippen LogP contribution in [0.1, 0.15) is 27.2 Å². The number of ketones is 1. The number of aliphatic hydroxyl groups excluding tert-OH is 1. The Bertz CT molecular complexity index is 665. The van der Waals surface area contributed by atoms with E-state index in [-0.39, 0.29) is 35.3 Å². The molecule has 0 aromatic carbocycles. The second-order valence-corrected chi connectivity index (χ2v) is 7.67. The highest BCUT2D eigenvalue weighted by Gasteiger charge is 2.62. The Balaban J connectivity index is 2.06. The van der Waals surface area contributed by atoms with Gasteiger partial charge in [-0.05, 0) is 31.3 Å². The normalized spacial score (nSPS) is 42.4. The first kappa shape index (κ1) is 17.9. The van der Waals surface area contributed by atoms with E-state index in [1.54, 1.807) is 19.9 Å². The van der Waals surface area contributed by atoms with Crippen molar-refractivity contribution in [1.29, 1.82) is 0 Å². The van der Waals surface area contributed by atoms with Crippen molar-refractivity contribution in [2.24, 2.45) is 29.1 Å². The number of aliphatic hydroxyl groups is 1. The SMILES string of the molecule is C=C(CO)C(=O)OC1C2C(CC(C)C3C=CC(=O)C31C)OC(=O)C2C. The maximum atomic E-state index is 12.8. The zero-order valence-electron chi connectivity index (χ0n) is 14.7. The van der Waals surface area contributed by atoms with Gasteiger partial charge >= 0.3 is 11.9 Å². The first-order valence-corrected chi connectivity index (χ1v) is 8.64. The molecule has 2 fully saturated rings. The molecule has 1 heterocycles. The monoisotopic (exact) mass is 348 g/mol. The van der Waals surface area contributed by atoms with Crippen molar-refractivity contribution < 1.29 is 29.0 Å². The number of hydrogen-bond donors (Lipinski definition) is 1. The van der Waals surface area contributed by atoms with Crippen LogP contribution in [-0.2, 0) is 23.9 Å². The highest BCUT2D eigenvalue weighted by molar-refractivity contribution is 5.99. The number of carbonyl (C=O) groups excluding carboxylic acids is 3. The summed E-state index contributed by atoms with van der Waals surface area (Å²) in [5.74, 6) is -2.05. The van der Waals surface area contributed by atoms with Gasteiger partial charge in [0, 0.05) is 5.92 Å². The molecule has 0 radical (unpaired) electrons. The van der Waals surface area contributed by atoms with E-state index < -0.39 is 35.9 Å². The first-order valence-electron chi connectivity index (χ1n) is 8.64. The Morgan fingerprint density at radius 1 is 1.44 bits per heavy atom. The maximum absolute atomic E-state index is 12.8. The van der Waals surface area contributed by atoms with Crippen molar-refractivity contribution in [3.05, 3.63) is 24.3 Å². The van der Waals surface area contributed by atoms with Gasteiger partial charge in [-0.25, -0.2) is 4.79 Å². The summed E-state index contributed by atoms with van der Waals surface area (Å²) in [6, 6.07) is 0. The second-order valence-electron chi connectivity index (χ2n) is 7.67. The fraction of sp³-hybridized carbons (Fsp3) is 0.632. The molecule has 7 unspecified atom stereocenters. The van der Waals surface area contributed by atoms with E-state index >= 15 is 0 Å². The van der Waals surface area contributed by atoms with Crippen LogP contribution in [0.15, 0.2) is 24.3 Å². The molecular weight excluding hydrogens is 324 g/mol. The van der Waals surface area contributed by atoms with E-state index in [2.05, 4.69) is 6.58 Å². The molecule has 6 nitrogen and oxygen atoms in total. The Morgan fingerprint density at radius 2 is 2.12 bits per heavy atom. The van der Waals surface area contributed by atoms with Crippen molar-refractivity contribution in [2.45, 2.75) is 39.4 Å². The number of carbonyl (C=O) groups is 3. The molecule has 7 atom stereocenters. The van der Waals surface area contributed by atoms with Gasteiger partial charge in [0.1, 0.15) is 12.2 Å². The molecule has 3 rings (SSSR count). The van der Waals surface area contributed by atoms with Crippen LogP contribution in [0.3, 0.4) is 0 Å². The lowest BCUT2D eigenvalue weighted by Gasteiger charge is -2.40. The van der Waals surface area contributed by atoms with E-state index in [4.69, 9.17) is 14.6 Å². The number of esters is 2. The van der Waals surface area contributed by atoms with Gasteiger partial charge in [-0.15, -0.1) is 0 Å². The lowest BCUT2D eigenvalue weighted by Crippen LogP contribution is -2.50. The third-order valence-electron chi connectivity index (χ3n) is 6.20. The van der Waals surface area contributed by atoms with Crippen molar-refractivity contribution in [3.8, 4) is 0 Å². The van der Waals surface area contributed by atoms with Crippen LogP contribution < -0.4 is 0 Å². The lowest BCUT2D eigenvalue weighted by atomic mass is 9.66. The zero-order valence-corrected chi connectivity index (χ0v) is 14.7. The molecule has 0 aromatic rings. The second kappa shape index (κ2) is 6.09. The summed E-state index contributed by atoms with van der Waals surface area (Å²) >= 11 is 0. The summed E-state index contributed by atoms with van der Waals surface area (Å²) in [4.78, 5) is 37.2. The number of ether oxygens (including phenoxy) is 2. The Kier molecular flexibility index (Phi) is 4.35. The average Bonchev–Trinajstić information content (AvgIpc) is 2.99. The fourth-order valence-corrected chi connectivity index (χ4v) is 4.70. The molecule has 1 saturated heterocycles. The van der Waals surface area contributed by atoms with E-state index in [0.29, 0.717) is 6.42 Å². The predicted octanol–water partition coefficient (Wildman–Crippen LogP) is 1.43. The highest BCUT2D eigenvalue weighted by atomic mass is 16.6. The van der Waals surface area contributed by atoms with Gasteiger partial charge in [-0.1, -0.05) is 26.5 Å². The van der Waals surface area contributed by atoms with Gasteiger partial charge in [0.05, 0.1) is 23.5 Å². The molecule has 6 heteroatoms. The number of fused-ring (bicyclic) bond motifs is 2. The van der Waals surface area contributed by atoms with E-state index in [9.17, 15) is 14.4 Å². The van der Waals surface area contributed by atoms with Gasteiger partial charge in [-0.3, -0.25) is 9.59 Å². The molecule has 0 spiro atoms. The van der Waals surface area contributed by atoms with Crippen LogP contribution in [0.5, 0.6) is 0 Å². The summed E-state index contributed by atoms with van der Waals surface area (Å²) in [7, 11) is 0. The average molecular weight is 348 g/mol. The molecule has 0 aromatic heterocycles. The van der Waals surface area contributed by atoms with Crippen LogP contribution >= 0.6 is 0 Å². The number of hydrogen-bond acceptors (Lipinski definition) is 6.